The van der Waals surface area contributed by atoms with Gasteiger partial charge in [-0.15, -0.1) is 0 Å². The molecule has 1 aliphatic heterocycles. The first kappa shape index (κ1) is 17.0. The Morgan fingerprint density at radius 3 is 2.71 bits per heavy atom. The van der Waals surface area contributed by atoms with E-state index in [1.807, 2.05) is 25.9 Å². The van der Waals surface area contributed by atoms with E-state index in [-0.39, 0.29) is 5.56 Å². The average Bonchev–Trinajstić information content (AvgIpc) is 3.02. The van der Waals surface area contributed by atoms with Gasteiger partial charge in [0.25, 0.3) is 5.56 Å². The van der Waals surface area contributed by atoms with Crippen molar-refractivity contribution in [1.29, 1.82) is 0 Å². The molecule has 1 fully saturated rings. The molecular weight excluding hydrogens is 324 g/mol. The molecule has 3 heterocycles. The summed E-state index contributed by atoms with van der Waals surface area (Å²) >= 11 is 1.44. The fourth-order valence-electron chi connectivity index (χ4n) is 2.94. The van der Waals surface area contributed by atoms with E-state index < -0.39 is 0 Å². The average molecular weight is 348 g/mol. The van der Waals surface area contributed by atoms with Crippen LogP contribution in [0, 0.1) is 12.8 Å². The second kappa shape index (κ2) is 7.40. The van der Waals surface area contributed by atoms with Crippen molar-refractivity contribution in [2.24, 2.45) is 5.92 Å². The first-order chi connectivity index (χ1) is 11.5. The summed E-state index contributed by atoms with van der Waals surface area (Å²) in [5, 5.41) is 5.29. The Morgan fingerprint density at radius 2 is 2.04 bits per heavy atom. The number of piperidine rings is 1. The maximum atomic E-state index is 11.9. The van der Waals surface area contributed by atoms with Gasteiger partial charge in [0.15, 0.2) is 5.82 Å². The van der Waals surface area contributed by atoms with Crippen LogP contribution in [0.25, 0.3) is 0 Å². The molecule has 0 amide bonds. The molecule has 2 aromatic rings. The largest absolute Gasteiger partial charge is 0.353 e. The number of hydrogen-bond acceptors (Lipinski definition) is 7. The number of hydrogen-bond donors (Lipinski definition) is 0. The number of anilines is 1. The zero-order valence-corrected chi connectivity index (χ0v) is 15.3. The van der Waals surface area contributed by atoms with Crippen molar-refractivity contribution in [3.8, 4) is 0 Å². The second-order valence-electron chi connectivity index (χ2n) is 6.60. The summed E-state index contributed by atoms with van der Waals surface area (Å²) in [4.78, 5) is 20.8. The minimum absolute atomic E-state index is 0.00841. The summed E-state index contributed by atoms with van der Waals surface area (Å²) in [6.07, 6.45) is 2.15. The molecule has 3 rings (SSSR count). The van der Waals surface area contributed by atoms with E-state index in [2.05, 4.69) is 19.4 Å². The van der Waals surface area contributed by atoms with Crippen LogP contribution in [0.3, 0.4) is 0 Å². The van der Waals surface area contributed by atoms with Gasteiger partial charge < -0.3 is 4.90 Å². The molecule has 0 unspecified atom stereocenters. The third-order valence-electron chi connectivity index (χ3n) is 4.34. The third kappa shape index (κ3) is 4.18. The van der Waals surface area contributed by atoms with Gasteiger partial charge in [0.2, 0.25) is 5.13 Å². The van der Waals surface area contributed by atoms with E-state index >= 15 is 0 Å². The summed E-state index contributed by atoms with van der Waals surface area (Å²) in [5.74, 6) is 1.41. The number of aromatic nitrogens is 4. The highest BCUT2D eigenvalue weighted by molar-refractivity contribution is 7.09. The highest BCUT2D eigenvalue weighted by atomic mass is 32.1. The van der Waals surface area contributed by atoms with Crippen LogP contribution in [0.15, 0.2) is 16.9 Å². The molecular formula is C16H24N6OS. The molecule has 2 aromatic heterocycles. The predicted molar refractivity (Wildman–Crippen MR) is 95.5 cm³/mol. The van der Waals surface area contributed by atoms with Gasteiger partial charge in [-0.2, -0.15) is 9.47 Å². The van der Waals surface area contributed by atoms with Crippen LogP contribution >= 0.6 is 11.5 Å². The first-order valence-corrected chi connectivity index (χ1v) is 9.05. The Bertz CT molecular complexity index is 732. The van der Waals surface area contributed by atoms with Crippen molar-refractivity contribution in [3.63, 3.8) is 0 Å². The number of nitrogens with zero attached hydrogens (tertiary/aromatic N) is 6. The zero-order valence-electron chi connectivity index (χ0n) is 14.5. The molecule has 7 nitrogen and oxygen atoms in total. The quantitative estimate of drug-likeness (QED) is 0.813. The summed E-state index contributed by atoms with van der Waals surface area (Å²) < 4.78 is 6.04. The summed E-state index contributed by atoms with van der Waals surface area (Å²) in [7, 11) is 3.97. The van der Waals surface area contributed by atoms with Gasteiger partial charge >= 0.3 is 0 Å². The fraction of sp³-hybridized carbons (Fsp3) is 0.625. The molecule has 0 spiro atoms. The molecule has 8 heteroatoms. The molecule has 0 bridgehead atoms. The van der Waals surface area contributed by atoms with Crippen molar-refractivity contribution in [2.45, 2.75) is 32.9 Å². The molecule has 24 heavy (non-hydrogen) atoms. The lowest BCUT2D eigenvalue weighted by atomic mass is 9.97. The highest BCUT2D eigenvalue weighted by Crippen LogP contribution is 2.21. The van der Waals surface area contributed by atoms with Gasteiger partial charge in [0.1, 0.15) is 0 Å². The maximum Gasteiger partial charge on any atom is 0.266 e. The lowest BCUT2D eigenvalue weighted by Crippen LogP contribution is -2.36. The summed E-state index contributed by atoms with van der Waals surface area (Å²) in [6, 6.07) is 3.37. The standard InChI is InChI=1S/C16H24N6OS/c1-12-4-5-15(23)22(18-12)10-13-6-8-21(9-7-13)11-14-17-16(20(2)3)24-19-14/h4-5,13H,6-11H2,1-3H3. The molecule has 0 aromatic carbocycles. The monoisotopic (exact) mass is 348 g/mol. The lowest BCUT2D eigenvalue weighted by Gasteiger charge is -2.31. The third-order valence-corrected chi connectivity index (χ3v) is 5.26. The van der Waals surface area contributed by atoms with Crippen LogP contribution in [-0.4, -0.2) is 51.2 Å². The Hall–Kier alpha value is -1.80. The Kier molecular flexibility index (Phi) is 5.25. The number of likely N-dealkylation sites (tertiary alicyclic amines) is 1. The van der Waals surface area contributed by atoms with E-state index in [1.54, 1.807) is 16.8 Å². The van der Waals surface area contributed by atoms with Crippen LogP contribution in [0.5, 0.6) is 0 Å². The molecule has 130 valence electrons. The molecule has 0 saturated carbocycles. The molecule has 0 N–H and O–H groups in total. The maximum absolute atomic E-state index is 11.9. The topological polar surface area (TPSA) is 67.2 Å². The minimum atomic E-state index is -0.00841. The van der Waals surface area contributed by atoms with Crippen molar-refractivity contribution in [1.82, 2.24) is 24.0 Å². The molecule has 1 saturated heterocycles. The smallest absolute Gasteiger partial charge is 0.266 e. The fourth-order valence-corrected chi connectivity index (χ4v) is 3.54. The van der Waals surface area contributed by atoms with Gasteiger partial charge in [-0.25, -0.2) is 9.67 Å². The normalized spacial score (nSPS) is 16.5. The van der Waals surface area contributed by atoms with Gasteiger partial charge in [0.05, 0.1) is 12.2 Å². The van der Waals surface area contributed by atoms with E-state index in [0.29, 0.717) is 12.5 Å². The Labute approximate surface area is 146 Å². The van der Waals surface area contributed by atoms with Crippen molar-refractivity contribution >= 4 is 16.7 Å². The summed E-state index contributed by atoms with van der Waals surface area (Å²) in [5.41, 5.74) is 0.879. The SMILES string of the molecule is Cc1ccc(=O)n(CC2CCN(Cc3nsc(N(C)C)n3)CC2)n1. The Balaban J connectivity index is 1.52. The van der Waals surface area contributed by atoms with Crippen LogP contribution in [-0.2, 0) is 13.1 Å². The molecule has 1 aliphatic rings. The van der Waals surface area contributed by atoms with Crippen molar-refractivity contribution in [2.75, 3.05) is 32.1 Å². The van der Waals surface area contributed by atoms with Gasteiger partial charge in [0, 0.05) is 38.2 Å². The van der Waals surface area contributed by atoms with Crippen LogP contribution in [0.1, 0.15) is 24.4 Å². The van der Waals surface area contributed by atoms with Gasteiger partial charge in [-0.1, -0.05) is 0 Å². The van der Waals surface area contributed by atoms with E-state index in [9.17, 15) is 4.79 Å². The predicted octanol–water partition coefficient (Wildman–Crippen LogP) is 1.38. The zero-order chi connectivity index (χ0) is 17.1. The lowest BCUT2D eigenvalue weighted by molar-refractivity contribution is 0.160. The number of rotatable bonds is 5. The van der Waals surface area contributed by atoms with Crippen LogP contribution in [0.4, 0.5) is 5.13 Å². The first-order valence-electron chi connectivity index (χ1n) is 8.28. The highest BCUT2D eigenvalue weighted by Gasteiger charge is 2.21. The van der Waals surface area contributed by atoms with Crippen LogP contribution < -0.4 is 10.5 Å². The van der Waals surface area contributed by atoms with E-state index in [4.69, 9.17) is 0 Å². The van der Waals surface area contributed by atoms with Crippen LogP contribution in [0.2, 0.25) is 0 Å². The molecule has 0 radical (unpaired) electrons. The van der Waals surface area contributed by atoms with E-state index in [0.717, 1.165) is 49.1 Å². The van der Waals surface area contributed by atoms with E-state index in [1.165, 1.54) is 11.5 Å². The van der Waals surface area contributed by atoms with Gasteiger partial charge in [-0.05, 0) is 44.8 Å². The second-order valence-corrected chi connectivity index (χ2v) is 7.33. The molecule has 0 atom stereocenters. The van der Waals surface area contributed by atoms with Crippen molar-refractivity contribution < 1.29 is 0 Å². The summed E-state index contributed by atoms with van der Waals surface area (Å²) in [6.45, 7) is 5.47. The van der Waals surface area contributed by atoms with Crippen molar-refractivity contribution in [3.05, 3.63) is 34.0 Å². The number of aryl methyl sites for hydroxylation is 1. The Morgan fingerprint density at radius 1 is 1.29 bits per heavy atom. The minimum Gasteiger partial charge on any atom is -0.353 e. The van der Waals surface area contributed by atoms with Gasteiger partial charge in [-0.3, -0.25) is 9.69 Å². The molecule has 0 aliphatic carbocycles.